The average Bonchev–Trinajstić information content (AvgIpc) is 2.57. The zero-order valence-corrected chi connectivity index (χ0v) is 15.3. The fraction of sp³-hybridized carbons (Fsp3) is 0.222. The highest BCUT2D eigenvalue weighted by atomic mass is 35.5. The summed E-state index contributed by atoms with van der Waals surface area (Å²) in [6, 6.07) is 15.6. The molecule has 6 heteroatoms. The molecule has 4 nitrogen and oxygen atoms in total. The van der Waals surface area contributed by atoms with E-state index in [4.69, 9.17) is 11.6 Å². The van der Waals surface area contributed by atoms with Gasteiger partial charge in [-0.25, -0.2) is 5.43 Å². The van der Waals surface area contributed by atoms with Gasteiger partial charge in [0.2, 0.25) is 5.91 Å². The van der Waals surface area contributed by atoms with E-state index in [-0.39, 0.29) is 5.91 Å². The second kappa shape index (κ2) is 9.35. The van der Waals surface area contributed by atoms with E-state index in [2.05, 4.69) is 10.5 Å². The van der Waals surface area contributed by atoms with Gasteiger partial charge in [0.15, 0.2) is 0 Å². The van der Waals surface area contributed by atoms with Gasteiger partial charge in [-0.05, 0) is 35.4 Å². The molecule has 0 aliphatic carbocycles. The van der Waals surface area contributed by atoms with Gasteiger partial charge in [-0.2, -0.15) is 5.10 Å². The molecule has 24 heavy (non-hydrogen) atoms. The third-order valence-corrected chi connectivity index (χ3v) is 4.48. The van der Waals surface area contributed by atoms with Crippen LogP contribution < -0.4 is 10.3 Å². The lowest BCUT2D eigenvalue weighted by Crippen LogP contribution is -2.19. The highest BCUT2D eigenvalue weighted by molar-refractivity contribution is 7.99. The maximum Gasteiger partial charge on any atom is 0.250 e. The predicted molar refractivity (Wildman–Crippen MR) is 104 cm³/mol. The van der Waals surface area contributed by atoms with Crippen LogP contribution in [0.2, 0.25) is 5.02 Å². The summed E-state index contributed by atoms with van der Waals surface area (Å²) in [5.41, 5.74) is 5.74. The van der Waals surface area contributed by atoms with Crippen molar-refractivity contribution in [3.63, 3.8) is 0 Å². The van der Waals surface area contributed by atoms with E-state index >= 15 is 0 Å². The van der Waals surface area contributed by atoms with Crippen LogP contribution >= 0.6 is 23.4 Å². The average molecular weight is 362 g/mol. The van der Waals surface area contributed by atoms with Crippen LogP contribution in [0.4, 0.5) is 5.69 Å². The largest absolute Gasteiger partial charge is 0.378 e. The first-order valence-corrected chi connectivity index (χ1v) is 8.99. The fourth-order valence-electron chi connectivity index (χ4n) is 1.91. The molecule has 2 rings (SSSR count). The Morgan fingerprint density at radius 2 is 1.83 bits per heavy atom. The van der Waals surface area contributed by atoms with E-state index in [1.165, 1.54) is 11.8 Å². The fourth-order valence-corrected chi connectivity index (χ4v) is 2.82. The predicted octanol–water partition coefficient (Wildman–Crippen LogP) is 3.79. The number of nitrogens with one attached hydrogen (secondary N) is 1. The first-order valence-electron chi connectivity index (χ1n) is 7.46. The summed E-state index contributed by atoms with van der Waals surface area (Å²) in [5, 5.41) is 4.70. The van der Waals surface area contributed by atoms with E-state index in [1.807, 2.05) is 67.5 Å². The van der Waals surface area contributed by atoms with Crippen molar-refractivity contribution in [3.8, 4) is 0 Å². The summed E-state index contributed by atoms with van der Waals surface area (Å²) < 4.78 is 0. The smallest absolute Gasteiger partial charge is 0.250 e. The normalized spacial score (nSPS) is 10.8. The minimum Gasteiger partial charge on any atom is -0.378 e. The Morgan fingerprint density at radius 3 is 2.46 bits per heavy atom. The third kappa shape index (κ3) is 6.26. The van der Waals surface area contributed by atoms with Crippen molar-refractivity contribution >= 4 is 41.2 Å². The standard InChI is InChI=1S/C18H20ClN3OS/c1-22(2)17-9-5-14(6-10-17)11-20-21-18(23)13-24-12-15-3-7-16(19)8-4-15/h3-11H,12-13H2,1-2H3,(H,21,23)/b20-11-. The summed E-state index contributed by atoms with van der Waals surface area (Å²) in [6.45, 7) is 0. The monoisotopic (exact) mass is 361 g/mol. The van der Waals surface area contributed by atoms with Gasteiger partial charge < -0.3 is 4.90 Å². The van der Waals surface area contributed by atoms with Crippen LogP contribution in [0.15, 0.2) is 53.6 Å². The summed E-state index contributed by atoms with van der Waals surface area (Å²) in [5.74, 6) is 1.01. The van der Waals surface area contributed by atoms with Gasteiger partial charge in [0.1, 0.15) is 0 Å². The molecule has 0 saturated carbocycles. The van der Waals surface area contributed by atoms with Crippen LogP contribution in [0.25, 0.3) is 0 Å². The van der Waals surface area contributed by atoms with Crippen molar-refractivity contribution in [1.29, 1.82) is 0 Å². The lowest BCUT2D eigenvalue weighted by Gasteiger charge is -2.11. The topological polar surface area (TPSA) is 44.7 Å². The SMILES string of the molecule is CN(C)c1ccc(/C=N\NC(=O)CSCc2ccc(Cl)cc2)cc1. The molecule has 0 aliphatic rings. The second-order valence-electron chi connectivity index (χ2n) is 5.40. The Kier molecular flexibility index (Phi) is 7.15. The summed E-state index contributed by atoms with van der Waals surface area (Å²) in [4.78, 5) is 13.8. The molecule has 0 aliphatic heterocycles. The lowest BCUT2D eigenvalue weighted by atomic mass is 10.2. The summed E-state index contributed by atoms with van der Waals surface area (Å²) in [6.07, 6.45) is 1.64. The number of halogens is 1. The Labute approximate surface area is 151 Å². The highest BCUT2D eigenvalue weighted by Crippen LogP contribution is 2.15. The molecule has 2 aromatic rings. The number of carbonyl (C=O) groups excluding carboxylic acids is 1. The number of anilines is 1. The van der Waals surface area contributed by atoms with E-state index in [0.29, 0.717) is 5.75 Å². The maximum absolute atomic E-state index is 11.7. The number of hydrazone groups is 1. The molecule has 0 fully saturated rings. The first-order chi connectivity index (χ1) is 11.5. The number of benzene rings is 2. The van der Waals surface area contributed by atoms with Crippen LogP contribution in [0.1, 0.15) is 11.1 Å². The molecular formula is C18H20ClN3OS. The summed E-state index contributed by atoms with van der Waals surface area (Å²) >= 11 is 7.38. The number of hydrogen-bond acceptors (Lipinski definition) is 4. The van der Waals surface area contributed by atoms with Crippen molar-refractivity contribution < 1.29 is 4.79 Å². The van der Waals surface area contributed by atoms with E-state index in [1.54, 1.807) is 6.21 Å². The van der Waals surface area contributed by atoms with Crippen LogP contribution in [-0.4, -0.2) is 32.0 Å². The second-order valence-corrected chi connectivity index (χ2v) is 6.82. The van der Waals surface area contributed by atoms with E-state index in [0.717, 1.165) is 27.6 Å². The van der Waals surface area contributed by atoms with Crippen molar-refractivity contribution in [3.05, 3.63) is 64.7 Å². The van der Waals surface area contributed by atoms with Gasteiger partial charge in [-0.15, -0.1) is 11.8 Å². The van der Waals surface area contributed by atoms with Crippen LogP contribution in [0.5, 0.6) is 0 Å². The molecule has 0 radical (unpaired) electrons. The number of nitrogens with zero attached hydrogens (tertiary/aromatic N) is 2. The molecule has 0 spiro atoms. The Hall–Kier alpha value is -1.98. The zero-order valence-electron chi connectivity index (χ0n) is 13.7. The van der Waals surface area contributed by atoms with Crippen molar-refractivity contribution in [2.45, 2.75) is 5.75 Å². The highest BCUT2D eigenvalue weighted by Gasteiger charge is 2.01. The minimum atomic E-state index is -0.116. The first kappa shape index (κ1) is 18.4. The molecule has 0 atom stereocenters. The molecule has 0 saturated heterocycles. The molecule has 0 heterocycles. The molecule has 1 amide bonds. The van der Waals surface area contributed by atoms with Gasteiger partial charge in [-0.3, -0.25) is 4.79 Å². The zero-order chi connectivity index (χ0) is 17.4. The quantitative estimate of drug-likeness (QED) is 0.602. The number of amides is 1. The number of rotatable bonds is 7. The van der Waals surface area contributed by atoms with Gasteiger partial charge in [0, 0.05) is 30.6 Å². The molecule has 0 unspecified atom stereocenters. The molecule has 1 N–H and O–H groups in total. The Bertz CT molecular complexity index is 684. The Morgan fingerprint density at radius 1 is 1.17 bits per heavy atom. The molecule has 126 valence electrons. The van der Waals surface area contributed by atoms with Crippen LogP contribution in [-0.2, 0) is 10.5 Å². The third-order valence-electron chi connectivity index (χ3n) is 3.23. The molecular weight excluding hydrogens is 342 g/mol. The van der Waals surface area contributed by atoms with E-state index < -0.39 is 0 Å². The maximum atomic E-state index is 11.7. The Balaban J connectivity index is 1.71. The number of thioether (sulfide) groups is 1. The van der Waals surface area contributed by atoms with Crippen molar-refractivity contribution in [2.75, 3.05) is 24.7 Å². The van der Waals surface area contributed by atoms with Crippen LogP contribution in [0.3, 0.4) is 0 Å². The lowest BCUT2D eigenvalue weighted by molar-refractivity contribution is -0.118. The van der Waals surface area contributed by atoms with Gasteiger partial charge in [0.25, 0.3) is 0 Å². The van der Waals surface area contributed by atoms with Crippen LogP contribution in [0, 0.1) is 0 Å². The van der Waals surface area contributed by atoms with Crippen molar-refractivity contribution in [1.82, 2.24) is 5.43 Å². The minimum absolute atomic E-state index is 0.116. The van der Waals surface area contributed by atoms with Gasteiger partial charge in [0.05, 0.1) is 12.0 Å². The van der Waals surface area contributed by atoms with E-state index in [9.17, 15) is 4.79 Å². The molecule has 2 aromatic carbocycles. The summed E-state index contributed by atoms with van der Waals surface area (Å²) in [7, 11) is 3.98. The van der Waals surface area contributed by atoms with Crippen molar-refractivity contribution in [2.24, 2.45) is 5.10 Å². The van der Waals surface area contributed by atoms with Gasteiger partial charge >= 0.3 is 0 Å². The number of hydrogen-bond donors (Lipinski definition) is 1. The van der Waals surface area contributed by atoms with Gasteiger partial charge in [-0.1, -0.05) is 35.9 Å². The molecule has 0 aromatic heterocycles. The number of carbonyl (C=O) groups is 1. The molecule has 0 bridgehead atoms.